The fraction of sp³-hybridized carbons (Fsp3) is 0.227. The third-order valence-corrected chi connectivity index (χ3v) is 4.55. The van der Waals surface area contributed by atoms with Gasteiger partial charge in [-0.05, 0) is 30.3 Å². The van der Waals surface area contributed by atoms with Gasteiger partial charge in [0.1, 0.15) is 29.0 Å². The average molecular weight is 443 g/mol. The van der Waals surface area contributed by atoms with Crippen LogP contribution in [0.25, 0.3) is 6.08 Å². The highest BCUT2D eigenvalue weighted by molar-refractivity contribution is 6.14. The molecule has 3 N–H and O–H groups in total. The van der Waals surface area contributed by atoms with Crippen molar-refractivity contribution in [3.63, 3.8) is 0 Å². The first-order valence-electron chi connectivity index (χ1n) is 9.42. The number of Topliss-reactive ketones (excluding diaryl/α,β-unsaturated/α-hetero) is 1. The Morgan fingerprint density at radius 2 is 1.88 bits per heavy atom. The topological polar surface area (TPSA) is 141 Å². The fourth-order valence-corrected chi connectivity index (χ4v) is 2.91. The summed E-state index contributed by atoms with van der Waals surface area (Å²) >= 11 is 0. The van der Waals surface area contributed by atoms with E-state index in [1.54, 1.807) is 24.3 Å². The minimum atomic E-state index is -1.42. The van der Waals surface area contributed by atoms with Gasteiger partial charge in [0.15, 0.2) is 12.4 Å². The van der Waals surface area contributed by atoms with E-state index in [-0.39, 0.29) is 23.0 Å². The molecule has 2 aromatic carbocycles. The number of aliphatic hydroxyl groups excluding tert-OH is 1. The molecule has 1 heterocycles. The number of aliphatic carboxylic acids is 1. The van der Waals surface area contributed by atoms with Crippen LogP contribution in [0.4, 0.5) is 0 Å². The number of carbonyl (C=O) groups excluding carboxylic acids is 2. The van der Waals surface area contributed by atoms with Gasteiger partial charge < -0.3 is 34.5 Å². The number of ketones is 1. The third kappa shape index (κ3) is 4.98. The molecule has 10 heteroatoms. The minimum Gasteiger partial charge on any atom is -0.497 e. The molecule has 1 aliphatic heterocycles. The van der Waals surface area contributed by atoms with Crippen LogP contribution in [0.15, 0.2) is 42.2 Å². The number of carboxylic acid groups (broad SMARTS) is 1. The number of carboxylic acids is 1. The predicted molar refractivity (Wildman–Crippen MR) is 111 cm³/mol. The second kappa shape index (κ2) is 9.84. The summed E-state index contributed by atoms with van der Waals surface area (Å²) in [5.74, 6) is -0.724. The summed E-state index contributed by atoms with van der Waals surface area (Å²) in [5.41, 5.74) is 0.946. The van der Waals surface area contributed by atoms with Crippen molar-refractivity contribution in [2.24, 2.45) is 0 Å². The lowest BCUT2D eigenvalue weighted by atomic mass is 10.1. The Kier molecular flexibility index (Phi) is 6.96. The smallest absolute Gasteiger partial charge is 0.328 e. The largest absolute Gasteiger partial charge is 0.497 e. The Labute approximate surface area is 183 Å². The maximum atomic E-state index is 12.7. The van der Waals surface area contributed by atoms with Crippen molar-refractivity contribution in [2.45, 2.75) is 6.04 Å². The molecule has 0 spiro atoms. The van der Waals surface area contributed by atoms with Crippen molar-refractivity contribution in [1.29, 1.82) is 0 Å². The standard InChI is InChI=1S/C22H21NO9/c1-29-13-4-3-12(17(8-13)30-2)7-19-21(26)15-6-5-14(9-18(15)32-19)31-11-20(25)23-16(10-24)22(27)28/h3-9,16,24H,10-11H2,1-2H3,(H,23,25)(H,27,28)/t16-/m0/s1. The van der Waals surface area contributed by atoms with E-state index in [1.165, 1.54) is 32.4 Å². The van der Waals surface area contributed by atoms with Crippen molar-refractivity contribution < 1.29 is 43.5 Å². The molecule has 2 aromatic rings. The molecule has 10 nitrogen and oxygen atoms in total. The first-order chi connectivity index (χ1) is 15.4. The first kappa shape index (κ1) is 22.6. The summed E-state index contributed by atoms with van der Waals surface area (Å²) in [6.45, 7) is -1.23. The van der Waals surface area contributed by atoms with Gasteiger partial charge in [0.2, 0.25) is 5.78 Å². The molecule has 0 saturated carbocycles. The normalized spacial score (nSPS) is 14.3. The van der Waals surface area contributed by atoms with Gasteiger partial charge in [0.25, 0.3) is 5.91 Å². The highest BCUT2D eigenvalue weighted by Gasteiger charge is 2.28. The summed E-state index contributed by atoms with van der Waals surface area (Å²) in [4.78, 5) is 35.3. The Balaban J connectivity index is 1.71. The van der Waals surface area contributed by atoms with Gasteiger partial charge in [0, 0.05) is 17.7 Å². The average Bonchev–Trinajstić information content (AvgIpc) is 3.10. The van der Waals surface area contributed by atoms with E-state index in [0.717, 1.165) is 0 Å². The van der Waals surface area contributed by atoms with Gasteiger partial charge in [-0.2, -0.15) is 0 Å². The Hall–Kier alpha value is -4.05. The Bertz CT molecular complexity index is 1080. The fourth-order valence-electron chi connectivity index (χ4n) is 2.91. The van der Waals surface area contributed by atoms with Crippen LogP contribution >= 0.6 is 0 Å². The van der Waals surface area contributed by atoms with Crippen LogP contribution in [0.5, 0.6) is 23.0 Å². The number of amides is 1. The maximum Gasteiger partial charge on any atom is 0.328 e. The number of aliphatic hydroxyl groups is 1. The van der Waals surface area contributed by atoms with Gasteiger partial charge in [0.05, 0.1) is 26.4 Å². The number of hydrogen-bond acceptors (Lipinski definition) is 8. The lowest BCUT2D eigenvalue weighted by Gasteiger charge is -2.12. The third-order valence-electron chi connectivity index (χ3n) is 4.55. The van der Waals surface area contributed by atoms with E-state index in [4.69, 9.17) is 29.2 Å². The maximum absolute atomic E-state index is 12.7. The number of hydrogen-bond donors (Lipinski definition) is 3. The molecular formula is C22H21NO9. The monoisotopic (exact) mass is 443 g/mol. The van der Waals surface area contributed by atoms with Gasteiger partial charge in [-0.1, -0.05) is 0 Å². The summed E-state index contributed by atoms with van der Waals surface area (Å²) in [7, 11) is 3.04. The minimum absolute atomic E-state index is 0.0885. The summed E-state index contributed by atoms with van der Waals surface area (Å²) in [6, 6.07) is 8.16. The summed E-state index contributed by atoms with van der Waals surface area (Å²) in [5, 5.41) is 19.9. The number of fused-ring (bicyclic) bond motifs is 1. The number of rotatable bonds is 9. The molecular weight excluding hydrogens is 422 g/mol. The molecule has 3 rings (SSSR count). The van der Waals surface area contributed by atoms with Crippen LogP contribution in [0.1, 0.15) is 15.9 Å². The van der Waals surface area contributed by atoms with Crippen LogP contribution in [0, 0.1) is 0 Å². The molecule has 0 fully saturated rings. The van der Waals surface area contributed by atoms with Gasteiger partial charge in [-0.3, -0.25) is 9.59 Å². The van der Waals surface area contributed by atoms with Crippen LogP contribution < -0.4 is 24.3 Å². The molecule has 1 aliphatic rings. The zero-order chi connectivity index (χ0) is 23.3. The Morgan fingerprint density at radius 1 is 1.12 bits per heavy atom. The van der Waals surface area contributed by atoms with Gasteiger partial charge in [-0.25, -0.2) is 4.79 Å². The van der Waals surface area contributed by atoms with Gasteiger partial charge in [-0.15, -0.1) is 0 Å². The number of nitrogens with one attached hydrogen (secondary N) is 1. The van der Waals surface area contributed by atoms with Crippen LogP contribution in [0.2, 0.25) is 0 Å². The number of ether oxygens (including phenoxy) is 4. The number of allylic oxidation sites excluding steroid dienone is 1. The van der Waals surface area contributed by atoms with Crippen molar-refractivity contribution in [3.05, 3.63) is 53.3 Å². The lowest BCUT2D eigenvalue weighted by molar-refractivity contribution is -0.143. The molecule has 168 valence electrons. The van der Waals surface area contributed by atoms with Crippen molar-refractivity contribution in [1.82, 2.24) is 5.32 Å². The second-order valence-electron chi connectivity index (χ2n) is 6.64. The first-order valence-corrected chi connectivity index (χ1v) is 9.42. The molecule has 0 unspecified atom stereocenters. The number of carbonyl (C=O) groups is 3. The van der Waals surface area contributed by atoms with E-state index in [0.29, 0.717) is 22.6 Å². The van der Waals surface area contributed by atoms with E-state index in [2.05, 4.69) is 5.32 Å². The van der Waals surface area contributed by atoms with Crippen molar-refractivity contribution >= 4 is 23.7 Å². The molecule has 0 bridgehead atoms. The number of benzene rings is 2. The zero-order valence-corrected chi connectivity index (χ0v) is 17.3. The molecule has 1 atom stereocenters. The molecule has 0 aromatic heterocycles. The van der Waals surface area contributed by atoms with Gasteiger partial charge >= 0.3 is 5.97 Å². The van der Waals surface area contributed by atoms with Crippen LogP contribution in [-0.4, -0.2) is 61.3 Å². The summed E-state index contributed by atoms with van der Waals surface area (Å²) < 4.78 is 21.5. The predicted octanol–water partition coefficient (Wildman–Crippen LogP) is 1.26. The van der Waals surface area contributed by atoms with E-state index < -0.39 is 31.1 Å². The molecule has 32 heavy (non-hydrogen) atoms. The van der Waals surface area contributed by atoms with E-state index in [1.807, 2.05) is 0 Å². The number of methoxy groups -OCH3 is 2. The zero-order valence-electron chi connectivity index (χ0n) is 17.3. The van der Waals surface area contributed by atoms with Crippen LogP contribution in [-0.2, 0) is 9.59 Å². The summed E-state index contributed by atoms with van der Waals surface area (Å²) in [6.07, 6.45) is 1.55. The molecule has 0 aliphatic carbocycles. The second-order valence-corrected chi connectivity index (χ2v) is 6.64. The van der Waals surface area contributed by atoms with Crippen molar-refractivity contribution in [3.8, 4) is 23.0 Å². The van der Waals surface area contributed by atoms with Crippen LogP contribution in [0.3, 0.4) is 0 Å². The van der Waals surface area contributed by atoms with E-state index >= 15 is 0 Å². The van der Waals surface area contributed by atoms with E-state index in [9.17, 15) is 14.4 Å². The molecule has 0 saturated heterocycles. The quantitative estimate of drug-likeness (QED) is 0.489. The highest BCUT2D eigenvalue weighted by atomic mass is 16.5. The molecule has 1 amide bonds. The van der Waals surface area contributed by atoms with Crippen molar-refractivity contribution in [2.75, 3.05) is 27.4 Å². The highest BCUT2D eigenvalue weighted by Crippen LogP contribution is 2.36. The lowest BCUT2D eigenvalue weighted by Crippen LogP contribution is -2.45. The SMILES string of the molecule is COc1ccc(C=C2Oc3cc(OCC(=O)N[C@@H](CO)C(=O)O)ccc3C2=O)c(OC)c1. The Morgan fingerprint density at radius 3 is 2.53 bits per heavy atom. The molecule has 0 radical (unpaired) electrons.